The molecule has 248 valence electrons. The molecule has 9 nitrogen and oxygen atoms in total. The van der Waals surface area contributed by atoms with Crippen molar-refractivity contribution in [2.45, 2.75) is 6.42 Å². The molecule has 0 aromatic heterocycles. The van der Waals surface area contributed by atoms with Crippen LogP contribution in [0.2, 0.25) is 0 Å². The fourth-order valence-corrected chi connectivity index (χ4v) is 6.85. The number of benzene rings is 4. The van der Waals surface area contributed by atoms with Crippen molar-refractivity contribution in [3.05, 3.63) is 94.9 Å². The molecule has 0 atom stereocenters. The summed E-state index contributed by atoms with van der Waals surface area (Å²) in [5.74, 6) is 0.938. The second-order valence-electron chi connectivity index (χ2n) is 11.3. The maximum Gasteiger partial charge on any atom is 0.335 e. The van der Waals surface area contributed by atoms with Crippen LogP contribution in [0.3, 0.4) is 0 Å². The van der Waals surface area contributed by atoms with Crippen molar-refractivity contribution in [2.75, 3.05) is 59.7 Å². The zero-order chi connectivity index (χ0) is 33.5. The monoisotopic (exact) mass is 684 g/mol. The van der Waals surface area contributed by atoms with Gasteiger partial charge in [0.15, 0.2) is 0 Å². The molecule has 6 rings (SSSR count). The Kier molecular flexibility index (Phi) is 10.9. The summed E-state index contributed by atoms with van der Waals surface area (Å²) in [7, 11) is 1.66. The van der Waals surface area contributed by atoms with Crippen LogP contribution in [-0.2, 0) is 9.53 Å². The number of carbonyl (C=O) groups excluding carboxylic acids is 1. The van der Waals surface area contributed by atoms with Crippen molar-refractivity contribution < 1.29 is 33.6 Å². The minimum absolute atomic E-state index is 0.153. The summed E-state index contributed by atoms with van der Waals surface area (Å²) >= 11 is 6.89. The Morgan fingerprint density at radius 2 is 1.60 bits per heavy atom. The van der Waals surface area contributed by atoms with Gasteiger partial charge in [0.05, 0.1) is 37.4 Å². The van der Waals surface area contributed by atoms with E-state index in [0.717, 1.165) is 66.1 Å². The van der Waals surface area contributed by atoms with Crippen molar-refractivity contribution in [3.8, 4) is 28.4 Å². The molecule has 2 heterocycles. The number of ether oxygens (including phenoxy) is 4. The first-order valence-corrected chi connectivity index (χ1v) is 17.0. The van der Waals surface area contributed by atoms with Crippen molar-refractivity contribution >= 4 is 57.0 Å². The Morgan fingerprint density at radius 1 is 0.896 bits per heavy atom. The van der Waals surface area contributed by atoms with Gasteiger partial charge >= 0.3 is 5.97 Å². The lowest BCUT2D eigenvalue weighted by Crippen LogP contribution is -2.38. The van der Waals surface area contributed by atoms with Gasteiger partial charge in [0.25, 0.3) is 5.91 Å². The summed E-state index contributed by atoms with van der Waals surface area (Å²) < 4.78 is 23.4. The number of amides is 1. The number of aromatic carboxylic acids is 1. The normalized spacial score (nSPS) is 16.1. The topological polar surface area (TPSA) is 97.8 Å². The van der Waals surface area contributed by atoms with E-state index in [1.807, 2.05) is 36.4 Å². The minimum atomic E-state index is -0.988. The van der Waals surface area contributed by atoms with Gasteiger partial charge < -0.3 is 24.1 Å². The molecular weight excluding hydrogens is 649 g/mol. The molecule has 48 heavy (non-hydrogen) atoms. The first-order chi connectivity index (χ1) is 23.4. The Balaban J connectivity index is 1.18. The number of rotatable bonds is 13. The quantitative estimate of drug-likeness (QED) is 0.0944. The summed E-state index contributed by atoms with van der Waals surface area (Å²) in [6.45, 7) is 5.27. The highest BCUT2D eigenvalue weighted by atomic mass is 32.2. The summed E-state index contributed by atoms with van der Waals surface area (Å²) in [6.07, 6.45) is 2.43. The van der Waals surface area contributed by atoms with Crippen LogP contribution >= 0.6 is 24.0 Å². The number of hydrogen-bond donors (Lipinski definition) is 1. The largest absolute Gasteiger partial charge is 0.497 e. The number of fused-ring (bicyclic) bond motifs is 1. The number of hydrogen-bond acceptors (Lipinski definition) is 9. The zero-order valence-electron chi connectivity index (χ0n) is 26.6. The van der Waals surface area contributed by atoms with Gasteiger partial charge in [0, 0.05) is 31.7 Å². The lowest BCUT2D eigenvalue weighted by molar-refractivity contribution is -0.122. The molecule has 0 aliphatic carbocycles. The third-order valence-electron chi connectivity index (χ3n) is 8.22. The molecule has 0 radical (unpaired) electrons. The van der Waals surface area contributed by atoms with E-state index in [1.165, 1.54) is 23.9 Å². The maximum atomic E-state index is 13.6. The van der Waals surface area contributed by atoms with Crippen LogP contribution in [0.15, 0.2) is 83.8 Å². The van der Waals surface area contributed by atoms with E-state index in [9.17, 15) is 9.59 Å². The Bertz CT molecular complexity index is 1840. The van der Waals surface area contributed by atoms with Crippen LogP contribution in [0.1, 0.15) is 22.3 Å². The van der Waals surface area contributed by atoms with Gasteiger partial charge in [-0.2, -0.15) is 0 Å². The Morgan fingerprint density at radius 3 is 2.38 bits per heavy atom. The molecule has 2 fully saturated rings. The highest BCUT2D eigenvalue weighted by Crippen LogP contribution is 2.36. The molecule has 2 aliphatic heterocycles. The van der Waals surface area contributed by atoms with Crippen LogP contribution in [-0.4, -0.2) is 90.8 Å². The zero-order valence-corrected chi connectivity index (χ0v) is 28.2. The molecule has 2 saturated heterocycles. The third kappa shape index (κ3) is 8.16. The number of carboxylic acids is 1. The van der Waals surface area contributed by atoms with E-state index in [0.29, 0.717) is 46.9 Å². The number of nitrogens with zero attached hydrogens (tertiary/aromatic N) is 2. The third-order valence-corrected chi connectivity index (χ3v) is 9.59. The second kappa shape index (κ2) is 15.7. The van der Waals surface area contributed by atoms with Crippen molar-refractivity contribution in [3.63, 3.8) is 0 Å². The highest BCUT2D eigenvalue weighted by Gasteiger charge is 2.32. The van der Waals surface area contributed by atoms with Crippen molar-refractivity contribution in [2.24, 2.45) is 0 Å². The van der Waals surface area contributed by atoms with E-state index >= 15 is 0 Å². The summed E-state index contributed by atoms with van der Waals surface area (Å²) in [5.41, 5.74) is 3.05. The van der Waals surface area contributed by atoms with E-state index in [2.05, 4.69) is 29.2 Å². The average Bonchev–Trinajstić information content (AvgIpc) is 3.38. The van der Waals surface area contributed by atoms with E-state index < -0.39 is 5.97 Å². The molecule has 4 aromatic carbocycles. The van der Waals surface area contributed by atoms with Gasteiger partial charge in [-0.3, -0.25) is 14.6 Å². The Labute approximate surface area is 289 Å². The number of morpholine rings is 1. The molecular formula is C37H36N2O7S2. The number of methoxy groups -OCH3 is 1. The fraction of sp³-hybridized carbons (Fsp3) is 0.270. The van der Waals surface area contributed by atoms with Gasteiger partial charge in [-0.25, -0.2) is 4.79 Å². The molecule has 1 amide bonds. The van der Waals surface area contributed by atoms with Crippen LogP contribution in [0.25, 0.3) is 28.0 Å². The predicted octanol–water partition coefficient (Wildman–Crippen LogP) is 6.59. The van der Waals surface area contributed by atoms with E-state index in [4.69, 9.17) is 36.3 Å². The summed E-state index contributed by atoms with van der Waals surface area (Å²) in [5, 5.41) is 11.3. The molecule has 1 N–H and O–H groups in total. The van der Waals surface area contributed by atoms with Crippen LogP contribution < -0.4 is 14.2 Å². The highest BCUT2D eigenvalue weighted by molar-refractivity contribution is 8.26. The fourth-order valence-electron chi connectivity index (χ4n) is 5.55. The molecule has 2 aliphatic rings. The number of carboxylic acid groups (broad SMARTS) is 1. The summed E-state index contributed by atoms with van der Waals surface area (Å²) in [4.78, 5) is 29.1. The second-order valence-corrected chi connectivity index (χ2v) is 13.0. The van der Waals surface area contributed by atoms with Crippen molar-refractivity contribution in [1.29, 1.82) is 0 Å². The standard InChI is InChI=1S/C37H36N2O7S2/c1-43-32-11-7-27-21-26(3-4-29(27)23-32)28-8-12-33(46-20-16-38-14-18-44-19-15-38)30(22-28)24-34-35(40)39(37(47)48-34)13-2-17-45-31-9-5-25(6-10-31)36(41)42/h3-12,21-24H,2,13-20H2,1H3,(H,41,42)/b34-24-. The van der Waals surface area contributed by atoms with Crippen molar-refractivity contribution in [1.82, 2.24) is 9.80 Å². The SMILES string of the molecule is COc1ccc2cc(-c3ccc(OCCN4CCOCC4)c(/C=C4\SC(=S)N(CCCOc5ccc(C(=O)O)cc5)C4=O)c3)ccc2c1. The molecule has 0 unspecified atom stereocenters. The molecule has 0 bridgehead atoms. The number of thioether (sulfide) groups is 1. The van der Waals surface area contributed by atoms with Gasteiger partial charge in [-0.15, -0.1) is 0 Å². The van der Waals surface area contributed by atoms with Gasteiger partial charge in [-0.1, -0.05) is 48.2 Å². The van der Waals surface area contributed by atoms with E-state index in [-0.39, 0.29) is 11.5 Å². The van der Waals surface area contributed by atoms with Crippen LogP contribution in [0.5, 0.6) is 17.2 Å². The first-order valence-electron chi connectivity index (χ1n) is 15.7. The Hall–Kier alpha value is -4.42. The van der Waals surface area contributed by atoms with Gasteiger partial charge in [-0.05, 0) is 89.0 Å². The molecule has 0 saturated carbocycles. The lowest BCUT2D eigenvalue weighted by atomic mass is 9.99. The van der Waals surface area contributed by atoms with E-state index in [1.54, 1.807) is 24.1 Å². The first kappa shape index (κ1) is 33.5. The smallest absolute Gasteiger partial charge is 0.335 e. The van der Waals surface area contributed by atoms with Crippen LogP contribution in [0, 0.1) is 0 Å². The average molecular weight is 685 g/mol. The van der Waals surface area contributed by atoms with Crippen LogP contribution in [0.4, 0.5) is 0 Å². The van der Waals surface area contributed by atoms with Gasteiger partial charge in [0.1, 0.15) is 28.2 Å². The predicted molar refractivity (Wildman–Crippen MR) is 192 cm³/mol. The maximum absolute atomic E-state index is 13.6. The number of thiocarbonyl (C=S) groups is 1. The minimum Gasteiger partial charge on any atom is -0.497 e. The number of carbonyl (C=O) groups is 2. The summed E-state index contributed by atoms with van der Waals surface area (Å²) in [6, 6.07) is 24.7. The lowest BCUT2D eigenvalue weighted by Gasteiger charge is -2.26. The molecule has 4 aromatic rings. The molecule has 0 spiro atoms. The molecule has 11 heteroatoms. The van der Waals surface area contributed by atoms with Gasteiger partial charge in [0.2, 0.25) is 0 Å².